The minimum Gasteiger partial charge on any atom is -0.461 e. The molecule has 0 radical (unpaired) electrons. The molecule has 0 saturated heterocycles. The van der Waals surface area contributed by atoms with Crippen LogP contribution < -0.4 is 10.6 Å². The highest BCUT2D eigenvalue weighted by molar-refractivity contribution is 6.30. The quantitative estimate of drug-likeness (QED) is 0.438. The molecule has 3 rings (SSSR count). The average molecular weight is 373 g/mol. The van der Waals surface area contributed by atoms with Gasteiger partial charge in [0.25, 0.3) is 0 Å². The number of hydrogen-bond acceptors (Lipinski definition) is 4. The number of furan rings is 1. The standard InChI is InChI=1S/C18H21ClN6O/c1-20-18(21-9-7-13-4-2-5-14(19)12-13)22-10-8-16-23-17(25-24-16)15-6-3-11-26-15/h2-6,11-12H,7-10H2,1H3,(H2,20,21,22)(H,23,24,25). The van der Waals surface area contributed by atoms with Gasteiger partial charge in [0.1, 0.15) is 5.82 Å². The topological polar surface area (TPSA) is 91.1 Å². The fourth-order valence-corrected chi connectivity index (χ4v) is 2.67. The van der Waals surface area contributed by atoms with Gasteiger partial charge in [-0.3, -0.25) is 10.1 Å². The molecule has 3 aromatic rings. The Bertz CT molecular complexity index is 843. The van der Waals surface area contributed by atoms with E-state index in [9.17, 15) is 0 Å². The Balaban J connectivity index is 1.40. The second kappa shape index (κ2) is 9.05. The molecule has 2 aromatic heterocycles. The second-order valence-electron chi connectivity index (χ2n) is 5.64. The van der Waals surface area contributed by atoms with Gasteiger partial charge in [0.2, 0.25) is 5.82 Å². The van der Waals surface area contributed by atoms with Crippen molar-refractivity contribution in [2.24, 2.45) is 4.99 Å². The molecule has 136 valence electrons. The number of halogens is 1. The van der Waals surface area contributed by atoms with E-state index < -0.39 is 0 Å². The van der Waals surface area contributed by atoms with E-state index in [1.165, 1.54) is 5.56 Å². The minimum atomic E-state index is 0.564. The molecule has 0 fully saturated rings. The van der Waals surface area contributed by atoms with Crippen molar-refractivity contribution < 1.29 is 4.42 Å². The van der Waals surface area contributed by atoms with Crippen LogP contribution in [-0.2, 0) is 12.8 Å². The number of aromatic amines is 1. The number of H-pyrrole nitrogens is 1. The van der Waals surface area contributed by atoms with Crippen LogP contribution in [0.4, 0.5) is 0 Å². The molecule has 0 aliphatic rings. The molecule has 0 atom stereocenters. The summed E-state index contributed by atoms with van der Waals surface area (Å²) in [4.78, 5) is 8.63. The van der Waals surface area contributed by atoms with Gasteiger partial charge in [0.05, 0.1) is 6.26 Å². The largest absolute Gasteiger partial charge is 0.461 e. The number of aliphatic imine (C=N–C) groups is 1. The van der Waals surface area contributed by atoms with E-state index >= 15 is 0 Å². The molecule has 1 aromatic carbocycles. The van der Waals surface area contributed by atoms with Gasteiger partial charge in [-0.1, -0.05) is 23.7 Å². The van der Waals surface area contributed by atoms with Gasteiger partial charge in [-0.05, 0) is 36.2 Å². The van der Waals surface area contributed by atoms with E-state index in [0.717, 1.165) is 29.8 Å². The SMILES string of the molecule is CN=C(NCCc1cccc(Cl)c1)NCCc1nc(-c2ccco2)n[nH]1. The molecule has 0 aliphatic carbocycles. The zero-order chi connectivity index (χ0) is 18.2. The second-order valence-corrected chi connectivity index (χ2v) is 6.08. The first-order valence-corrected chi connectivity index (χ1v) is 8.76. The summed E-state index contributed by atoms with van der Waals surface area (Å²) >= 11 is 6.00. The maximum Gasteiger partial charge on any atom is 0.216 e. The lowest BCUT2D eigenvalue weighted by atomic mass is 10.1. The molecule has 7 nitrogen and oxygen atoms in total. The van der Waals surface area contributed by atoms with Crippen LogP contribution in [-0.4, -0.2) is 41.3 Å². The summed E-state index contributed by atoms with van der Waals surface area (Å²) < 4.78 is 5.28. The molecule has 2 heterocycles. The summed E-state index contributed by atoms with van der Waals surface area (Å²) in [5.74, 6) is 2.75. The van der Waals surface area contributed by atoms with Gasteiger partial charge in [-0.25, -0.2) is 4.98 Å². The molecular weight excluding hydrogens is 352 g/mol. The maximum absolute atomic E-state index is 6.00. The molecule has 0 aliphatic heterocycles. The number of aromatic nitrogens is 3. The van der Waals surface area contributed by atoms with Crippen molar-refractivity contribution in [3.8, 4) is 11.6 Å². The average Bonchev–Trinajstić information content (AvgIpc) is 3.32. The predicted molar refractivity (Wildman–Crippen MR) is 102 cm³/mol. The lowest BCUT2D eigenvalue weighted by Gasteiger charge is -2.11. The lowest BCUT2D eigenvalue weighted by molar-refractivity contribution is 0.577. The molecule has 0 amide bonds. The van der Waals surface area contributed by atoms with Crippen LogP contribution >= 0.6 is 11.6 Å². The van der Waals surface area contributed by atoms with E-state index in [-0.39, 0.29) is 0 Å². The lowest BCUT2D eigenvalue weighted by Crippen LogP contribution is -2.39. The van der Waals surface area contributed by atoms with Crippen LogP contribution in [0.25, 0.3) is 11.6 Å². The maximum atomic E-state index is 6.00. The summed E-state index contributed by atoms with van der Waals surface area (Å²) in [6.07, 6.45) is 3.17. The Morgan fingerprint density at radius 1 is 1.19 bits per heavy atom. The number of rotatable bonds is 7. The fourth-order valence-electron chi connectivity index (χ4n) is 2.46. The van der Waals surface area contributed by atoms with Crippen molar-refractivity contribution in [2.45, 2.75) is 12.8 Å². The first-order chi connectivity index (χ1) is 12.7. The minimum absolute atomic E-state index is 0.564. The number of benzene rings is 1. The Hall–Kier alpha value is -2.80. The third kappa shape index (κ3) is 5.10. The summed E-state index contributed by atoms with van der Waals surface area (Å²) in [5.41, 5.74) is 1.19. The van der Waals surface area contributed by atoms with Crippen molar-refractivity contribution in [1.82, 2.24) is 25.8 Å². The van der Waals surface area contributed by atoms with Crippen molar-refractivity contribution >= 4 is 17.6 Å². The van der Waals surface area contributed by atoms with Crippen molar-refractivity contribution in [1.29, 1.82) is 0 Å². The van der Waals surface area contributed by atoms with E-state index in [4.69, 9.17) is 16.0 Å². The summed E-state index contributed by atoms with van der Waals surface area (Å²) in [7, 11) is 1.75. The third-order valence-electron chi connectivity index (χ3n) is 3.75. The Morgan fingerprint density at radius 3 is 2.77 bits per heavy atom. The monoisotopic (exact) mass is 372 g/mol. The predicted octanol–water partition coefficient (Wildman–Crippen LogP) is 2.67. The number of hydrogen-bond donors (Lipinski definition) is 3. The van der Waals surface area contributed by atoms with Crippen LogP contribution in [0.5, 0.6) is 0 Å². The highest BCUT2D eigenvalue weighted by Crippen LogP contribution is 2.14. The van der Waals surface area contributed by atoms with Crippen LogP contribution in [0.1, 0.15) is 11.4 Å². The van der Waals surface area contributed by atoms with Crippen LogP contribution in [0.15, 0.2) is 52.1 Å². The zero-order valence-electron chi connectivity index (χ0n) is 14.5. The normalized spacial score (nSPS) is 11.5. The van der Waals surface area contributed by atoms with Crippen molar-refractivity contribution in [3.05, 3.63) is 59.1 Å². The Kier molecular flexibility index (Phi) is 6.27. The Labute approximate surface area is 156 Å². The highest BCUT2D eigenvalue weighted by atomic mass is 35.5. The first-order valence-electron chi connectivity index (χ1n) is 8.38. The van der Waals surface area contributed by atoms with Gasteiger partial charge in [0.15, 0.2) is 11.7 Å². The van der Waals surface area contributed by atoms with Crippen LogP contribution in [0, 0.1) is 0 Å². The smallest absolute Gasteiger partial charge is 0.216 e. The molecule has 0 saturated carbocycles. The van der Waals surface area contributed by atoms with Crippen molar-refractivity contribution in [3.63, 3.8) is 0 Å². The third-order valence-corrected chi connectivity index (χ3v) is 3.98. The van der Waals surface area contributed by atoms with E-state index in [2.05, 4.69) is 36.9 Å². The van der Waals surface area contributed by atoms with E-state index in [1.54, 1.807) is 13.3 Å². The van der Waals surface area contributed by atoms with Crippen LogP contribution in [0.2, 0.25) is 5.02 Å². The summed E-state index contributed by atoms with van der Waals surface area (Å²) in [5, 5.41) is 14.4. The van der Waals surface area contributed by atoms with Gasteiger partial charge in [-0.15, -0.1) is 0 Å². The van der Waals surface area contributed by atoms with Crippen LogP contribution in [0.3, 0.4) is 0 Å². The molecule has 3 N–H and O–H groups in total. The fraction of sp³-hybridized carbons (Fsp3) is 0.278. The molecule has 0 spiro atoms. The number of nitrogens with one attached hydrogen (secondary N) is 3. The van der Waals surface area contributed by atoms with E-state index in [1.807, 2.05) is 30.3 Å². The molecule has 0 bridgehead atoms. The molecular formula is C18H21ClN6O. The van der Waals surface area contributed by atoms with Gasteiger partial charge < -0.3 is 15.1 Å². The van der Waals surface area contributed by atoms with Crippen molar-refractivity contribution in [2.75, 3.05) is 20.1 Å². The Morgan fingerprint density at radius 2 is 2.04 bits per heavy atom. The first kappa shape index (κ1) is 18.0. The zero-order valence-corrected chi connectivity index (χ0v) is 15.3. The van der Waals surface area contributed by atoms with Gasteiger partial charge in [-0.2, -0.15) is 5.10 Å². The molecule has 26 heavy (non-hydrogen) atoms. The number of nitrogens with zero attached hydrogens (tertiary/aromatic N) is 3. The summed E-state index contributed by atoms with van der Waals surface area (Å²) in [6, 6.07) is 11.5. The summed E-state index contributed by atoms with van der Waals surface area (Å²) in [6.45, 7) is 1.45. The molecule has 0 unspecified atom stereocenters. The highest BCUT2D eigenvalue weighted by Gasteiger charge is 2.08. The molecule has 8 heteroatoms. The van der Waals surface area contributed by atoms with Gasteiger partial charge >= 0.3 is 0 Å². The number of guanidine groups is 1. The van der Waals surface area contributed by atoms with Gasteiger partial charge in [0, 0.05) is 31.6 Å². The van der Waals surface area contributed by atoms with E-state index in [0.29, 0.717) is 24.6 Å².